The number of nitrogens with two attached hydrogens (primary N) is 1. The first-order valence-electron chi connectivity index (χ1n) is 6.66. The zero-order chi connectivity index (χ0) is 14.7. The summed E-state index contributed by atoms with van der Waals surface area (Å²) in [6.45, 7) is 4.16. The minimum Gasteiger partial charge on any atom is -0.496 e. The smallest absolute Gasteiger partial charge is 0.122 e. The Balaban J connectivity index is 2.29. The van der Waals surface area contributed by atoms with Gasteiger partial charge in [0, 0.05) is 10.5 Å². The van der Waals surface area contributed by atoms with Gasteiger partial charge in [-0.3, -0.25) is 0 Å². The normalized spacial score (nSPS) is 12.2. The van der Waals surface area contributed by atoms with Crippen LogP contribution >= 0.6 is 15.9 Å². The number of hydrogen-bond donors (Lipinski definition) is 1. The van der Waals surface area contributed by atoms with Gasteiger partial charge in [-0.15, -0.1) is 0 Å². The van der Waals surface area contributed by atoms with E-state index in [4.69, 9.17) is 10.5 Å². The molecule has 2 nitrogen and oxygen atoms in total. The van der Waals surface area contributed by atoms with Gasteiger partial charge in [-0.05, 0) is 43.5 Å². The summed E-state index contributed by atoms with van der Waals surface area (Å²) in [7, 11) is 1.70. The number of halogens is 1. The van der Waals surface area contributed by atoms with E-state index in [-0.39, 0.29) is 6.04 Å². The molecule has 0 aliphatic rings. The molecule has 106 valence electrons. The van der Waals surface area contributed by atoms with E-state index in [1.54, 1.807) is 7.11 Å². The van der Waals surface area contributed by atoms with Crippen molar-refractivity contribution in [3.8, 4) is 5.75 Å². The third-order valence-electron chi connectivity index (χ3n) is 3.43. The van der Waals surface area contributed by atoms with Crippen LogP contribution in [0, 0.1) is 13.8 Å². The number of rotatable bonds is 4. The van der Waals surface area contributed by atoms with Gasteiger partial charge >= 0.3 is 0 Å². The van der Waals surface area contributed by atoms with E-state index >= 15 is 0 Å². The quantitative estimate of drug-likeness (QED) is 0.904. The summed E-state index contributed by atoms with van der Waals surface area (Å²) in [5.74, 6) is 0.898. The third kappa shape index (κ3) is 3.41. The van der Waals surface area contributed by atoms with Crippen molar-refractivity contribution in [2.45, 2.75) is 26.3 Å². The van der Waals surface area contributed by atoms with E-state index in [1.165, 1.54) is 11.1 Å². The van der Waals surface area contributed by atoms with Crippen LogP contribution < -0.4 is 10.5 Å². The fourth-order valence-corrected chi connectivity index (χ4v) is 2.90. The van der Waals surface area contributed by atoms with Crippen LogP contribution in [0.25, 0.3) is 0 Å². The Kier molecular flexibility index (Phi) is 4.84. The second-order valence-electron chi connectivity index (χ2n) is 5.15. The standard InChI is InChI=1S/C17H20BrNO/c1-11-5-7-17(20-3)13(8-11)10-16(19)14-9-12(2)4-6-15(14)18/h4-9,16H,10,19H2,1-3H3. The molecule has 0 radical (unpaired) electrons. The average molecular weight is 334 g/mol. The van der Waals surface area contributed by atoms with Gasteiger partial charge in [-0.2, -0.15) is 0 Å². The molecule has 2 aromatic carbocycles. The second kappa shape index (κ2) is 6.42. The van der Waals surface area contributed by atoms with E-state index in [0.29, 0.717) is 0 Å². The Morgan fingerprint density at radius 2 is 1.75 bits per heavy atom. The van der Waals surface area contributed by atoms with Crippen LogP contribution in [0.1, 0.15) is 28.3 Å². The molecule has 0 saturated heterocycles. The number of ether oxygens (including phenoxy) is 1. The van der Waals surface area contributed by atoms with Crippen LogP contribution in [0.15, 0.2) is 40.9 Å². The molecule has 3 heteroatoms. The Hall–Kier alpha value is -1.32. The minimum absolute atomic E-state index is 0.0556. The van der Waals surface area contributed by atoms with Crippen LogP contribution in [0.2, 0.25) is 0 Å². The number of benzene rings is 2. The van der Waals surface area contributed by atoms with Crippen LogP contribution in [-0.2, 0) is 6.42 Å². The monoisotopic (exact) mass is 333 g/mol. The fraction of sp³-hybridized carbons (Fsp3) is 0.294. The lowest BCUT2D eigenvalue weighted by Crippen LogP contribution is -2.15. The zero-order valence-electron chi connectivity index (χ0n) is 12.1. The Morgan fingerprint density at radius 1 is 1.10 bits per heavy atom. The van der Waals surface area contributed by atoms with Gasteiger partial charge in [-0.1, -0.05) is 51.3 Å². The number of aryl methyl sites for hydroxylation is 2. The highest BCUT2D eigenvalue weighted by molar-refractivity contribution is 9.10. The molecule has 0 aliphatic heterocycles. The Morgan fingerprint density at radius 3 is 2.45 bits per heavy atom. The SMILES string of the molecule is COc1ccc(C)cc1CC(N)c1cc(C)ccc1Br. The van der Waals surface area contributed by atoms with Crippen molar-refractivity contribution in [2.24, 2.45) is 5.73 Å². The molecule has 1 atom stereocenters. The molecular formula is C17H20BrNO. The lowest BCUT2D eigenvalue weighted by atomic mass is 9.97. The van der Waals surface area contributed by atoms with Crippen LogP contribution in [0.3, 0.4) is 0 Å². The lowest BCUT2D eigenvalue weighted by molar-refractivity contribution is 0.408. The summed E-state index contributed by atoms with van der Waals surface area (Å²) < 4.78 is 6.48. The highest BCUT2D eigenvalue weighted by atomic mass is 79.9. The van der Waals surface area contributed by atoms with Crippen molar-refractivity contribution in [3.05, 3.63) is 63.1 Å². The lowest BCUT2D eigenvalue weighted by Gasteiger charge is -2.17. The van der Waals surface area contributed by atoms with Crippen molar-refractivity contribution >= 4 is 15.9 Å². The molecule has 0 heterocycles. The maximum absolute atomic E-state index is 6.38. The molecule has 2 aromatic rings. The molecule has 0 aliphatic carbocycles. The molecule has 20 heavy (non-hydrogen) atoms. The average Bonchev–Trinajstić information content (AvgIpc) is 2.41. The molecule has 0 amide bonds. The maximum Gasteiger partial charge on any atom is 0.122 e. The highest BCUT2D eigenvalue weighted by Gasteiger charge is 2.14. The molecule has 0 saturated carbocycles. The summed E-state index contributed by atoms with van der Waals surface area (Å²) in [4.78, 5) is 0. The molecule has 0 bridgehead atoms. The van der Waals surface area contributed by atoms with Crippen molar-refractivity contribution in [1.29, 1.82) is 0 Å². The fourth-order valence-electron chi connectivity index (χ4n) is 2.36. The van der Waals surface area contributed by atoms with Gasteiger partial charge in [0.05, 0.1) is 7.11 Å². The minimum atomic E-state index is -0.0556. The molecular weight excluding hydrogens is 314 g/mol. The highest BCUT2D eigenvalue weighted by Crippen LogP contribution is 2.29. The van der Waals surface area contributed by atoms with Crippen molar-refractivity contribution in [3.63, 3.8) is 0 Å². The van der Waals surface area contributed by atoms with E-state index in [9.17, 15) is 0 Å². The third-order valence-corrected chi connectivity index (χ3v) is 4.15. The summed E-state index contributed by atoms with van der Waals surface area (Å²) in [5, 5.41) is 0. The van der Waals surface area contributed by atoms with E-state index in [1.807, 2.05) is 6.07 Å². The van der Waals surface area contributed by atoms with Gasteiger partial charge < -0.3 is 10.5 Å². The van der Waals surface area contributed by atoms with Gasteiger partial charge in [0.25, 0.3) is 0 Å². The van der Waals surface area contributed by atoms with Crippen molar-refractivity contribution in [2.75, 3.05) is 7.11 Å². The number of methoxy groups -OCH3 is 1. The summed E-state index contributed by atoms with van der Waals surface area (Å²) in [6, 6.07) is 12.4. The van der Waals surface area contributed by atoms with E-state index in [2.05, 4.69) is 60.1 Å². The first-order chi connectivity index (χ1) is 9.51. The predicted octanol–water partition coefficient (Wildman–Crippen LogP) is 4.32. The summed E-state index contributed by atoms with van der Waals surface area (Å²) in [6.07, 6.45) is 0.757. The van der Waals surface area contributed by atoms with Crippen LogP contribution in [-0.4, -0.2) is 7.11 Å². The Bertz CT molecular complexity index is 610. The van der Waals surface area contributed by atoms with E-state index < -0.39 is 0 Å². The van der Waals surface area contributed by atoms with E-state index in [0.717, 1.165) is 27.8 Å². The van der Waals surface area contributed by atoms with Gasteiger partial charge in [0.2, 0.25) is 0 Å². The van der Waals surface area contributed by atoms with Crippen LogP contribution in [0.5, 0.6) is 5.75 Å². The maximum atomic E-state index is 6.38. The topological polar surface area (TPSA) is 35.2 Å². The molecule has 0 aromatic heterocycles. The number of hydrogen-bond acceptors (Lipinski definition) is 2. The van der Waals surface area contributed by atoms with Gasteiger partial charge in [0.15, 0.2) is 0 Å². The second-order valence-corrected chi connectivity index (χ2v) is 6.01. The van der Waals surface area contributed by atoms with Crippen molar-refractivity contribution in [1.82, 2.24) is 0 Å². The van der Waals surface area contributed by atoms with Crippen LogP contribution in [0.4, 0.5) is 0 Å². The zero-order valence-corrected chi connectivity index (χ0v) is 13.7. The molecule has 1 unspecified atom stereocenters. The summed E-state index contributed by atoms with van der Waals surface area (Å²) in [5.41, 5.74) is 11.1. The van der Waals surface area contributed by atoms with Crippen molar-refractivity contribution < 1.29 is 4.74 Å². The Labute approximate surface area is 129 Å². The van der Waals surface area contributed by atoms with Gasteiger partial charge in [0.1, 0.15) is 5.75 Å². The molecule has 2 N–H and O–H groups in total. The first-order valence-corrected chi connectivity index (χ1v) is 7.45. The largest absolute Gasteiger partial charge is 0.496 e. The first kappa shape index (κ1) is 15.1. The summed E-state index contributed by atoms with van der Waals surface area (Å²) >= 11 is 3.58. The van der Waals surface area contributed by atoms with Gasteiger partial charge in [-0.25, -0.2) is 0 Å². The molecule has 0 fully saturated rings. The molecule has 0 spiro atoms. The molecule has 2 rings (SSSR count). The predicted molar refractivity (Wildman–Crippen MR) is 87.2 cm³/mol.